The second kappa shape index (κ2) is 13.5. The molecular weight excluding hydrogens is 456 g/mol. The van der Waals surface area contributed by atoms with E-state index in [1.54, 1.807) is 54.6 Å². The van der Waals surface area contributed by atoms with E-state index >= 15 is 0 Å². The maximum atomic E-state index is 12.6. The van der Waals surface area contributed by atoms with Crippen LogP contribution in [-0.4, -0.2) is 58.5 Å². The molecule has 0 fully saturated rings. The van der Waals surface area contributed by atoms with Crippen LogP contribution in [0.3, 0.4) is 0 Å². The highest BCUT2D eigenvalue weighted by atomic mass is 16.4. The SMILES string of the molecule is NCc1ccc(C(=O)NCCC(=O)N[C@@H](CC(=O)O)C(=O)N[C@@H](Cc2ccccc2)C(=O)O)cc1. The number of nitrogens with two attached hydrogens (primary N) is 1. The lowest BCUT2D eigenvalue weighted by Crippen LogP contribution is -2.53. The first kappa shape index (κ1) is 27.0. The smallest absolute Gasteiger partial charge is 0.326 e. The average molecular weight is 485 g/mol. The van der Waals surface area contributed by atoms with Gasteiger partial charge in [0.2, 0.25) is 11.8 Å². The number of rotatable bonds is 13. The van der Waals surface area contributed by atoms with Gasteiger partial charge < -0.3 is 31.9 Å². The molecule has 2 rings (SSSR count). The Bertz CT molecular complexity index is 1040. The molecule has 0 aliphatic carbocycles. The van der Waals surface area contributed by atoms with Gasteiger partial charge in [0.25, 0.3) is 5.91 Å². The van der Waals surface area contributed by atoms with Crippen LogP contribution < -0.4 is 21.7 Å². The summed E-state index contributed by atoms with van der Waals surface area (Å²) in [6, 6.07) is 12.4. The van der Waals surface area contributed by atoms with Gasteiger partial charge in [0.05, 0.1) is 6.42 Å². The van der Waals surface area contributed by atoms with Crippen molar-refractivity contribution < 1.29 is 34.2 Å². The summed E-state index contributed by atoms with van der Waals surface area (Å²) in [6.45, 7) is 0.281. The van der Waals surface area contributed by atoms with Crippen LogP contribution in [0.5, 0.6) is 0 Å². The van der Waals surface area contributed by atoms with Gasteiger partial charge in [-0.15, -0.1) is 0 Å². The zero-order valence-electron chi connectivity index (χ0n) is 18.9. The lowest BCUT2D eigenvalue weighted by atomic mass is 10.1. The second-order valence-corrected chi connectivity index (χ2v) is 7.71. The number of hydrogen-bond donors (Lipinski definition) is 6. The van der Waals surface area contributed by atoms with Crippen LogP contribution in [-0.2, 0) is 32.1 Å². The zero-order chi connectivity index (χ0) is 25.8. The summed E-state index contributed by atoms with van der Waals surface area (Å²) < 4.78 is 0. The molecule has 2 aromatic rings. The number of carboxylic acid groups (broad SMARTS) is 2. The summed E-state index contributed by atoms with van der Waals surface area (Å²) in [6.07, 6.45) is -0.981. The predicted octanol–water partition coefficient (Wildman–Crippen LogP) is 0.0368. The van der Waals surface area contributed by atoms with Gasteiger partial charge in [-0.1, -0.05) is 42.5 Å². The number of aliphatic carboxylic acids is 2. The molecule has 0 heterocycles. The molecule has 0 aliphatic rings. The number of carboxylic acids is 2. The van der Waals surface area contributed by atoms with Gasteiger partial charge in [0.15, 0.2) is 0 Å². The molecule has 0 aliphatic heterocycles. The van der Waals surface area contributed by atoms with E-state index in [4.69, 9.17) is 10.8 Å². The predicted molar refractivity (Wildman–Crippen MR) is 125 cm³/mol. The van der Waals surface area contributed by atoms with E-state index in [9.17, 15) is 29.1 Å². The molecule has 0 unspecified atom stereocenters. The molecule has 0 spiro atoms. The van der Waals surface area contributed by atoms with E-state index < -0.39 is 48.2 Å². The second-order valence-electron chi connectivity index (χ2n) is 7.71. The molecule has 186 valence electrons. The van der Waals surface area contributed by atoms with Gasteiger partial charge in [-0.05, 0) is 23.3 Å². The molecule has 0 bridgehead atoms. The number of carbonyl (C=O) groups is 5. The van der Waals surface area contributed by atoms with E-state index in [0.717, 1.165) is 5.56 Å². The maximum absolute atomic E-state index is 12.6. The first-order valence-corrected chi connectivity index (χ1v) is 10.8. The Morgan fingerprint density at radius 1 is 0.829 bits per heavy atom. The van der Waals surface area contributed by atoms with Crippen molar-refractivity contribution >= 4 is 29.7 Å². The van der Waals surface area contributed by atoms with Crippen LogP contribution in [0.15, 0.2) is 54.6 Å². The molecule has 3 amide bonds. The van der Waals surface area contributed by atoms with Crippen molar-refractivity contribution in [2.24, 2.45) is 5.73 Å². The number of carbonyl (C=O) groups excluding carboxylic acids is 3. The standard InChI is InChI=1S/C24H28N4O7/c25-14-16-6-8-17(9-7-16)22(32)26-11-10-20(29)27-18(13-21(30)31)23(33)28-19(24(34)35)12-15-4-2-1-3-5-15/h1-9,18-19H,10-14,25H2,(H,26,32)(H,27,29)(H,28,33)(H,30,31)(H,34,35)/t18-,19-/m0/s1. The molecule has 2 aromatic carbocycles. The molecule has 0 aromatic heterocycles. The van der Waals surface area contributed by atoms with Crippen molar-refractivity contribution in [1.82, 2.24) is 16.0 Å². The largest absolute Gasteiger partial charge is 0.481 e. The first-order valence-electron chi connectivity index (χ1n) is 10.8. The van der Waals surface area contributed by atoms with Crippen molar-refractivity contribution in [2.45, 2.75) is 37.9 Å². The van der Waals surface area contributed by atoms with Crippen molar-refractivity contribution in [3.8, 4) is 0 Å². The van der Waals surface area contributed by atoms with Crippen molar-refractivity contribution in [3.63, 3.8) is 0 Å². The molecule has 0 saturated carbocycles. The fraction of sp³-hybridized carbons (Fsp3) is 0.292. The number of nitrogens with one attached hydrogen (secondary N) is 3. The fourth-order valence-electron chi connectivity index (χ4n) is 3.16. The Morgan fingerprint density at radius 3 is 2.06 bits per heavy atom. The van der Waals surface area contributed by atoms with Crippen molar-refractivity contribution in [1.29, 1.82) is 0 Å². The molecular formula is C24H28N4O7. The van der Waals surface area contributed by atoms with Crippen LogP contribution in [0, 0.1) is 0 Å². The molecule has 11 heteroatoms. The van der Waals surface area contributed by atoms with E-state index in [1.165, 1.54) is 0 Å². The van der Waals surface area contributed by atoms with E-state index in [1.807, 2.05) is 0 Å². The van der Waals surface area contributed by atoms with Crippen LogP contribution in [0.2, 0.25) is 0 Å². The minimum absolute atomic E-state index is 0.0199. The minimum atomic E-state index is -1.49. The Kier molecular flexibility index (Phi) is 10.4. The first-order chi connectivity index (χ1) is 16.7. The molecule has 7 N–H and O–H groups in total. The number of amides is 3. The lowest BCUT2D eigenvalue weighted by molar-refractivity contribution is -0.143. The third-order valence-electron chi connectivity index (χ3n) is 5.02. The fourth-order valence-corrected chi connectivity index (χ4v) is 3.16. The third-order valence-corrected chi connectivity index (χ3v) is 5.02. The van der Waals surface area contributed by atoms with Gasteiger partial charge in [-0.25, -0.2) is 4.79 Å². The summed E-state index contributed by atoms with van der Waals surface area (Å²) in [5.74, 6) is -4.68. The molecule has 35 heavy (non-hydrogen) atoms. The summed E-state index contributed by atoms with van der Waals surface area (Å²) >= 11 is 0. The van der Waals surface area contributed by atoms with E-state index in [-0.39, 0.29) is 19.4 Å². The topological polar surface area (TPSA) is 188 Å². The summed E-state index contributed by atoms with van der Waals surface area (Å²) in [5.41, 5.74) is 7.41. The Morgan fingerprint density at radius 2 is 1.49 bits per heavy atom. The lowest BCUT2D eigenvalue weighted by Gasteiger charge is -2.20. The number of hydrogen-bond acceptors (Lipinski definition) is 6. The zero-order valence-corrected chi connectivity index (χ0v) is 18.9. The summed E-state index contributed by atoms with van der Waals surface area (Å²) in [7, 11) is 0. The highest BCUT2D eigenvalue weighted by molar-refractivity contribution is 5.95. The quantitative estimate of drug-likeness (QED) is 0.230. The van der Waals surface area contributed by atoms with Gasteiger partial charge >= 0.3 is 11.9 Å². The van der Waals surface area contributed by atoms with Crippen molar-refractivity contribution in [3.05, 3.63) is 71.3 Å². The Hall–Kier alpha value is -4.25. The van der Waals surface area contributed by atoms with Crippen LogP contribution in [0.4, 0.5) is 0 Å². The van der Waals surface area contributed by atoms with Crippen molar-refractivity contribution in [2.75, 3.05) is 6.54 Å². The molecule has 11 nitrogen and oxygen atoms in total. The molecule has 0 radical (unpaired) electrons. The average Bonchev–Trinajstić information content (AvgIpc) is 2.83. The highest BCUT2D eigenvalue weighted by Crippen LogP contribution is 2.06. The van der Waals surface area contributed by atoms with E-state index in [2.05, 4.69) is 16.0 Å². The highest BCUT2D eigenvalue weighted by Gasteiger charge is 2.28. The molecule has 2 atom stereocenters. The van der Waals surface area contributed by atoms with Gasteiger partial charge in [0, 0.05) is 31.5 Å². The Balaban J connectivity index is 1.91. The Labute approximate surface area is 201 Å². The number of benzene rings is 2. The third kappa shape index (κ3) is 9.26. The summed E-state index contributed by atoms with van der Waals surface area (Å²) in [4.78, 5) is 59.9. The molecule has 0 saturated heterocycles. The van der Waals surface area contributed by atoms with Crippen LogP contribution in [0.1, 0.15) is 34.3 Å². The van der Waals surface area contributed by atoms with Crippen LogP contribution >= 0.6 is 0 Å². The minimum Gasteiger partial charge on any atom is -0.481 e. The van der Waals surface area contributed by atoms with Crippen LogP contribution in [0.25, 0.3) is 0 Å². The maximum Gasteiger partial charge on any atom is 0.326 e. The van der Waals surface area contributed by atoms with Gasteiger partial charge in [-0.2, -0.15) is 0 Å². The monoisotopic (exact) mass is 484 g/mol. The summed E-state index contributed by atoms with van der Waals surface area (Å²) in [5, 5.41) is 25.7. The van der Waals surface area contributed by atoms with Gasteiger partial charge in [-0.3, -0.25) is 19.2 Å². The van der Waals surface area contributed by atoms with E-state index in [0.29, 0.717) is 17.7 Å². The normalized spacial score (nSPS) is 12.1. The van der Waals surface area contributed by atoms with Gasteiger partial charge in [0.1, 0.15) is 12.1 Å².